The van der Waals surface area contributed by atoms with E-state index in [2.05, 4.69) is 5.32 Å². The molecule has 1 N–H and O–H groups in total. The van der Waals surface area contributed by atoms with E-state index < -0.39 is 15.8 Å². The Labute approximate surface area is 131 Å². The van der Waals surface area contributed by atoms with Gasteiger partial charge in [-0.3, -0.25) is 0 Å². The van der Waals surface area contributed by atoms with E-state index in [0.29, 0.717) is 12.1 Å². The van der Waals surface area contributed by atoms with E-state index in [9.17, 15) is 12.8 Å². The first kappa shape index (κ1) is 16.7. The number of benzene rings is 1. The van der Waals surface area contributed by atoms with Gasteiger partial charge in [0.1, 0.15) is 5.82 Å². The molecule has 2 aliphatic heterocycles. The van der Waals surface area contributed by atoms with Crippen LogP contribution >= 0.6 is 12.4 Å². The number of hydrogen-bond donors (Lipinski definition) is 1. The first-order valence-corrected chi connectivity index (χ1v) is 8.44. The van der Waals surface area contributed by atoms with Crippen LogP contribution in [0.25, 0.3) is 0 Å². The molecule has 1 aromatic carbocycles. The van der Waals surface area contributed by atoms with Crippen molar-refractivity contribution in [1.82, 2.24) is 9.62 Å². The molecular weight excluding hydrogens is 315 g/mol. The molecule has 2 fully saturated rings. The standard InChI is InChI=1S/C14H19FN2O2S.ClH/c1-10-2-5-13(8-14(10)15)20(18,19)17-11-3-4-12(17)9-16-7-6-11;/h2,5,8,11-12,16H,3-4,6-7,9H2,1H3;1H. The van der Waals surface area contributed by atoms with Gasteiger partial charge in [0, 0.05) is 18.6 Å². The van der Waals surface area contributed by atoms with Crippen molar-refractivity contribution in [2.24, 2.45) is 0 Å². The highest BCUT2D eigenvalue weighted by Gasteiger charge is 2.43. The Morgan fingerprint density at radius 1 is 1.24 bits per heavy atom. The third-order valence-corrected chi connectivity index (χ3v) is 6.31. The van der Waals surface area contributed by atoms with Crippen LogP contribution in [0.15, 0.2) is 23.1 Å². The molecule has 2 saturated heterocycles. The van der Waals surface area contributed by atoms with Crippen molar-refractivity contribution in [3.05, 3.63) is 29.6 Å². The summed E-state index contributed by atoms with van der Waals surface area (Å²) < 4.78 is 40.9. The van der Waals surface area contributed by atoms with Gasteiger partial charge < -0.3 is 5.32 Å². The van der Waals surface area contributed by atoms with Gasteiger partial charge in [0.15, 0.2) is 0 Å². The SMILES string of the molecule is Cc1ccc(S(=O)(=O)N2C3CCNCC2CC3)cc1F.Cl. The maximum Gasteiger partial charge on any atom is 0.243 e. The largest absolute Gasteiger partial charge is 0.315 e. The molecule has 7 heteroatoms. The lowest BCUT2D eigenvalue weighted by Gasteiger charge is -2.27. The summed E-state index contributed by atoms with van der Waals surface area (Å²) in [5.41, 5.74) is 0.462. The van der Waals surface area contributed by atoms with Gasteiger partial charge in [0.25, 0.3) is 0 Å². The second-order valence-corrected chi connectivity index (χ2v) is 7.47. The van der Waals surface area contributed by atoms with E-state index in [1.54, 1.807) is 11.2 Å². The summed E-state index contributed by atoms with van der Waals surface area (Å²) in [5, 5.41) is 3.27. The summed E-state index contributed by atoms with van der Waals surface area (Å²) in [4.78, 5) is 0.0689. The van der Waals surface area contributed by atoms with E-state index in [1.165, 1.54) is 12.1 Å². The van der Waals surface area contributed by atoms with Gasteiger partial charge in [-0.2, -0.15) is 4.31 Å². The van der Waals surface area contributed by atoms with Gasteiger partial charge in [0.05, 0.1) is 4.90 Å². The van der Waals surface area contributed by atoms with Gasteiger partial charge in [-0.25, -0.2) is 12.8 Å². The van der Waals surface area contributed by atoms with Crippen LogP contribution in [0, 0.1) is 12.7 Å². The average molecular weight is 335 g/mol. The maximum atomic E-state index is 13.7. The predicted octanol–water partition coefficient (Wildman–Crippen LogP) is 2.07. The molecule has 2 atom stereocenters. The third kappa shape index (κ3) is 2.95. The Morgan fingerprint density at radius 3 is 2.67 bits per heavy atom. The number of fused-ring (bicyclic) bond motifs is 2. The highest BCUT2D eigenvalue weighted by Crippen LogP contribution is 2.33. The van der Waals surface area contributed by atoms with E-state index in [-0.39, 0.29) is 29.4 Å². The summed E-state index contributed by atoms with van der Waals surface area (Å²) in [6.07, 6.45) is 2.61. The zero-order valence-electron chi connectivity index (χ0n) is 11.9. The van der Waals surface area contributed by atoms with Crippen LogP contribution in [0.3, 0.4) is 0 Å². The van der Waals surface area contributed by atoms with E-state index in [0.717, 1.165) is 31.9 Å². The van der Waals surface area contributed by atoms with Crippen LogP contribution in [0.2, 0.25) is 0 Å². The number of aryl methyl sites for hydroxylation is 1. The van der Waals surface area contributed by atoms with Gasteiger partial charge in [0.2, 0.25) is 10.0 Å². The van der Waals surface area contributed by atoms with Gasteiger partial charge in [-0.15, -0.1) is 12.4 Å². The summed E-state index contributed by atoms with van der Waals surface area (Å²) >= 11 is 0. The second-order valence-electron chi connectivity index (χ2n) is 5.62. The summed E-state index contributed by atoms with van der Waals surface area (Å²) in [6.45, 7) is 3.16. The molecule has 0 aliphatic carbocycles. The molecule has 21 heavy (non-hydrogen) atoms. The van der Waals surface area contributed by atoms with Crippen LogP contribution in [0.4, 0.5) is 4.39 Å². The van der Waals surface area contributed by atoms with Gasteiger partial charge >= 0.3 is 0 Å². The Kier molecular flexibility index (Phi) is 4.92. The number of nitrogens with zero attached hydrogens (tertiary/aromatic N) is 1. The Balaban J connectivity index is 0.00000161. The molecule has 0 saturated carbocycles. The second kappa shape index (κ2) is 6.20. The molecule has 1 aromatic rings. The fourth-order valence-electron chi connectivity index (χ4n) is 3.19. The number of halogens is 2. The van der Waals surface area contributed by atoms with Crippen molar-refractivity contribution < 1.29 is 12.8 Å². The molecule has 2 aliphatic rings. The Bertz CT molecular complexity index is 609. The fraction of sp³-hybridized carbons (Fsp3) is 0.571. The van der Waals surface area contributed by atoms with Gasteiger partial charge in [-0.05, 0) is 50.4 Å². The molecular formula is C14H20ClFN2O2S. The highest BCUT2D eigenvalue weighted by atomic mass is 35.5. The maximum absolute atomic E-state index is 13.7. The molecule has 2 bridgehead atoms. The number of sulfonamides is 1. The van der Waals surface area contributed by atoms with E-state index in [4.69, 9.17) is 0 Å². The summed E-state index contributed by atoms with van der Waals surface area (Å²) in [5.74, 6) is -0.466. The number of nitrogens with one attached hydrogen (secondary N) is 1. The van der Waals surface area contributed by atoms with Crippen molar-refractivity contribution in [3.8, 4) is 0 Å². The number of rotatable bonds is 2. The van der Waals surface area contributed by atoms with E-state index >= 15 is 0 Å². The molecule has 118 valence electrons. The van der Waals surface area contributed by atoms with Crippen molar-refractivity contribution in [2.45, 2.75) is 43.2 Å². The molecule has 0 spiro atoms. The monoisotopic (exact) mass is 334 g/mol. The molecule has 4 nitrogen and oxygen atoms in total. The first-order chi connectivity index (χ1) is 9.50. The highest BCUT2D eigenvalue weighted by molar-refractivity contribution is 7.89. The summed E-state index contributed by atoms with van der Waals surface area (Å²) in [7, 11) is -3.61. The summed E-state index contributed by atoms with van der Waals surface area (Å²) in [6, 6.07) is 4.22. The Morgan fingerprint density at radius 2 is 1.95 bits per heavy atom. The van der Waals surface area contributed by atoms with E-state index in [1.807, 2.05) is 0 Å². The third-order valence-electron chi connectivity index (χ3n) is 4.31. The lowest BCUT2D eigenvalue weighted by molar-refractivity contribution is 0.334. The van der Waals surface area contributed by atoms with Crippen molar-refractivity contribution in [2.75, 3.05) is 13.1 Å². The Hall–Kier alpha value is -0.690. The smallest absolute Gasteiger partial charge is 0.243 e. The van der Waals surface area contributed by atoms with Crippen LogP contribution in [-0.4, -0.2) is 37.9 Å². The van der Waals surface area contributed by atoms with Crippen LogP contribution in [0.1, 0.15) is 24.8 Å². The lowest BCUT2D eigenvalue weighted by atomic mass is 10.1. The van der Waals surface area contributed by atoms with Crippen LogP contribution < -0.4 is 5.32 Å². The fourth-order valence-corrected chi connectivity index (χ4v) is 5.10. The lowest BCUT2D eigenvalue weighted by Crippen LogP contribution is -2.42. The molecule has 2 unspecified atom stereocenters. The molecule has 0 radical (unpaired) electrons. The van der Waals surface area contributed by atoms with Crippen LogP contribution in [0.5, 0.6) is 0 Å². The quantitative estimate of drug-likeness (QED) is 0.900. The predicted molar refractivity (Wildman–Crippen MR) is 81.7 cm³/mol. The molecule has 0 aromatic heterocycles. The topological polar surface area (TPSA) is 49.4 Å². The number of hydrogen-bond acceptors (Lipinski definition) is 3. The normalized spacial score (nSPS) is 26.2. The minimum Gasteiger partial charge on any atom is -0.315 e. The van der Waals surface area contributed by atoms with Crippen molar-refractivity contribution in [1.29, 1.82) is 0 Å². The minimum absolute atomic E-state index is 0. The van der Waals surface area contributed by atoms with Gasteiger partial charge in [-0.1, -0.05) is 6.07 Å². The van der Waals surface area contributed by atoms with Crippen LogP contribution in [-0.2, 0) is 10.0 Å². The zero-order chi connectivity index (χ0) is 14.3. The molecule has 0 amide bonds. The minimum atomic E-state index is -3.61. The molecule has 2 heterocycles. The zero-order valence-corrected chi connectivity index (χ0v) is 13.5. The average Bonchev–Trinajstić information content (AvgIpc) is 2.66. The first-order valence-electron chi connectivity index (χ1n) is 7.00. The van der Waals surface area contributed by atoms with Crippen molar-refractivity contribution in [3.63, 3.8) is 0 Å². The van der Waals surface area contributed by atoms with Crippen molar-refractivity contribution >= 4 is 22.4 Å². The molecule has 3 rings (SSSR count).